The molecule has 0 aliphatic carbocycles. The summed E-state index contributed by atoms with van der Waals surface area (Å²) >= 11 is 1.58. The van der Waals surface area contributed by atoms with Crippen LogP contribution in [0.2, 0.25) is 0 Å². The number of para-hydroxylation sites is 1. The van der Waals surface area contributed by atoms with Crippen molar-refractivity contribution in [1.82, 2.24) is 14.8 Å². The summed E-state index contributed by atoms with van der Waals surface area (Å²) in [5.74, 6) is 0. The molecule has 0 saturated carbocycles. The molecule has 0 amide bonds. The fourth-order valence-corrected chi connectivity index (χ4v) is 2.89. The van der Waals surface area contributed by atoms with Gasteiger partial charge in [-0.25, -0.2) is 9.67 Å². The molecule has 0 saturated heterocycles. The van der Waals surface area contributed by atoms with Gasteiger partial charge in [-0.2, -0.15) is 5.10 Å². The zero-order chi connectivity index (χ0) is 13.2. The van der Waals surface area contributed by atoms with Crippen molar-refractivity contribution >= 4 is 11.3 Å². The lowest BCUT2D eigenvalue weighted by Gasteiger charge is -2.13. The average Bonchev–Trinajstić information content (AvgIpc) is 3.07. The van der Waals surface area contributed by atoms with Crippen LogP contribution in [-0.4, -0.2) is 14.8 Å². The third-order valence-corrected chi connectivity index (χ3v) is 4.07. The van der Waals surface area contributed by atoms with Crippen molar-refractivity contribution in [3.63, 3.8) is 0 Å². The summed E-state index contributed by atoms with van der Waals surface area (Å²) in [5.41, 5.74) is 11.2. The van der Waals surface area contributed by atoms with Crippen LogP contribution in [0.25, 0.3) is 5.69 Å². The summed E-state index contributed by atoms with van der Waals surface area (Å²) in [6, 6.07) is 11.8. The highest BCUT2D eigenvalue weighted by Crippen LogP contribution is 2.26. The minimum atomic E-state index is -0.199. The van der Waals surface area contributed by atoms with Gasteiger partial charge in [-0.3, -0.25) is 0 Å². The first kappa shape index (κ1) is 12.1. The van der Waals surface area contributed by atoms with Gasteiger partial charge in [0.2, 0.25) is 0 Å². The summed E-state index contributed by atoms with van der Waals surface area (Å²) in [7, 11) is 0. The Morgan fingerprint density at radius 2 is 2.00 bits per heavy atom. The molecular weight excluding hydrogens is 256 g/mol. The zero-order valence-electron chi connectivity index (χ0n) is 10.5. The van der Waals surface area contributed by atoms with Crippen molar-refractivity contribution < 1.29 is 0 Å². The predicted molar refractivity (Wildman–Crippen MR) is 76.4 cm³/mol. The van der Waals surface area contributed by atoms with Crippen molar-refractivity contribution in [1.29, 1.82) is 0 Å². The van der Waals surface area contributed by atoms with E-state index in [9.17, 15) is 0 Å². The Hall–Kier alpha value is -1.98. The van der Waals surface area contributed by atoms with Crippen molar-refractivity contribution in [2.24, 2.45) is 5.73 Å². The molecule has 1 atom stereocenters. The van der Waals surface area contributed by atoms with Gasteiger partial charge in [-0.1, -0.05) is 18.2 Å². The van der Waals surface area contributed by atoms with E-state index in [2.05, 4.69) is 10.1 Å². The second-order valence-corrected chi connectivity index (χ2v) is 5.17. The maximum absolute atomic E-state index is 6.35. The smallest absolute Gasteiger partial charge is 0.0840 e. The molecule has 2 N–H and O–H groups in total. The molecular formula is C14H14N4S. The first-order chi connectivity index (χ1) is 9.27. The van der Waals surface area contributed by atoms with Crippen LogP contribution in [0.5, 0.6) is 0 Å². The Bertz CT molecular complexity index is 672. The molecule has 0 aliphatic rings. The average molecular weight is 270 g/mol. The van der Waals surface area contributed by atoms with Gasteiger partial charge in [0.1, 0.15) is 0 Å². The quantitative estimate of drug-likeness (QED) is 0.796. The van der Waals surface area contributed by atoms with Gasteiger partial charge in [0, 0.05) is 6.20 Å². The number of rotatable bonds is 3. The molecule has 4 nitrogen and oxygen atoms in total. The highest BCUT2D eigenvalue weighted by molar-refractivity contribution is 7.09. The van der Waals surface area contributed by atoms with Crippen LogP contribution >= 0.6 is 11.3 Å². The van der Waals surface area contributed by atoms with Crippen molar-refractivity contribution in [2.75, 3.05) is 0 Å². The van der Waals surface area contributed by atoms with Gasteiger partial charge in [-0.15, -0.1) is 11.3 Å². The van der Waals surface area contributed by atoms with E-state index in [0.29, 0.717) is 0 Å². The predicted octanol–water partition coefficient (Wildman–Crippen LogP) is 2.69. The molecule has 96 valence electrons. The molecule has 0 spiro atoms. The number of aromatic nitrogens is 3. The Balaban J connectivity index is 2.04. The van der Waals surface area contributed by atoms with Gasteiger partial charge in [0.05, 0.1) is 33.5 Å². The summed E-state index contributed by atoms with van der Waals surface area (Å²) in [6.45, 7) is 1.98. The monoisotopic (exact) mass is 270 g/mol. The zero-order valence-corrected chi connectivity index (χ0v) is 11.3. The molecule has 2 aromatic heterocycles. The van der Waals surface area contributed by atoms with Crippen LogP contribution in [-0.2, 0) is 0 Å². The third-order valence-electron chi connectivity index (χ3n) is 3.06. The second-order valence-electron chi connectivity index (χ2n) is 4.28. The van der Waals surface area contributed by atoms with Gasteiger partial charge < -0.3 is 5.73 Å². The van der Waals surface area contributed by atoms with E-state index in [1.807, 2.05) is 53.5 Å². The van der Waals surface area contributed by atoms with Crippen LogP contribution in [0.15, 0.2) is 48.1 Å². The van der Waals surface area contributed by atoms with E-state index in [4.69, 9.17) is 5.73 Å². The maximum Gasteiger partial charge on any atom is 0.0840 e. The molecule has 0 fully saturated rings. The van der Waals surface area contributed by atoms with Crippen molar-refractivity contribution in [3.8, 4) is 5.69 Å². The van der Waals surface area contributed by atoms with E-state index >= 15 is 0 Å². The lowest BCUT2D eigenvalue weighted by atomic mass is 10.1. The highest BCUT2D eigenvalue weighted by atomic mass is 32.1. The highest BCUT2D eigenvalue weighted by Gasteiger charge is 2.18. The number of thiazole rings is 1. The van der Waals surface area contributed by atoms with Crippen LogP contribution in [0.4, 0.5) is 0 Å². The van der Waals surface area contributed by atoms with Gasteiger partial charge >= 0.3 is 0 Å². The van der Waals surface area contributed by atoms with Crippen LogP contribution in [0.1, 0.15) is 22.3 Å². The molecule has 5 heteroatoms. The maximum atomic E-state index is 6.35. The molecule has 1 aromatic carbocycles. The number of nitrogens with zero attached hydrogens (tertiary/aromatic N) is 3. The second kappa shape index (κ2) is 4.95. The molecule has 1 unspecified atom stereocenters. The minimum Gasteiger partial charge on any atom is -0.318 e. The normalized spacial score (nSPS) is 12.5. The van der Waals surface area contributed by atoms with E-state index in [1.54, 1.807) is 17.5 Å². The van der Waals surface area contributed by atoms with Crippen molar-refractivity contribution in [2.45, 2.75) is 13.0 Å². The van der Waals surface area contributed by atoms with Crippen molar-refractivity contribution in [3.05, 3.63) is 64.4 Å². The fraction of sp³-hybridized carbons (Fsp3) is 0.143. The Labute approximate surface area is 115 Å². The summed E-state index contributed by atoms with van der Waals surface area (Å²) in [5, 5.41) is 4.37. The summed E-state index contributed by atoms with van der Waals surface area (Å²) in [4.78, 5) is 5.34. The van der Waals surface area contributed by atoms with E-state index in [1.165, 1.54) is 0 Å². The number of benzene rings is 1. The van der Waals surface area contributed by atoms with Gasteiger partial charge in [0.15, 0.2) is 0 Å². The number of aryl methyl sites for hydroxylation is 1. The Morgan fingerprint density at radius 3 is 2.68 bits per heavy atom. The lowest BCUT2D eigenvalue weighted by Crippen LogP contribution is -2.16. The third kappa shape index (κ3) is 2.18. The van der Waals surface area contributed by atoms with Gasteiger partial charge in [-0.05, 0) is 25.1 Å². The van der Waals surface area contributed by atoms with E-state index in [-0.39, 0.29) is 6.04 Å². The summed E-state index contributed by atoms with van der Waals surface area (Å²) in [6.07, 6.45) is 1.78. The molecule has 19 heavy (non-hydrogen) atoms. The lowest BCUT2D eigenvalue weighted by molar-refractivity contribution is 0.743. The van der Waals surface area contributed by atoms with E-state index in [0.717, 1.165) is 22.0 Å². The molecule has 0 radical (unpaired) electrons. The number of nitrogens with two attached hydrogens (primary N) is 1. The first-order valence-electron chi connectivity index (χ1n) is 6.02. The topological polar surface area (TPSA) is 56.7 Å². The first-order valence-corrected chi connectivity index (χ1v) is 6.90. The SMILES string of the molecule is Cc1ncsc1C(N)c1ccnn1-c1ccccc1. The standard InChI is InChI=1S/C14H14N4S/c1-10-14(19-9-16-10)13(15)12-7-8-17-18(12)11-5-3-2-4-6-11/h2-9,13H,15H2,1H3. The van der Waals surface area contributed by atoms with Gasteiger partial charge in [0.25, 0.3) is 0 Å². The number of hydrogen-bond acceptors (Lipinski definition) is 4. The van der Waals surface area contributed by atoms with Crippen LogP contribution < -0.4 is 5.73 Å². The molecule has 2 heterocycles. The Kier molecular flexibility index (Phi) is 3.15. The Morgan fingerprint density at radius 1 is 1.21 bits per heavy atom. The van der Waals surface area contributed by atoms with Crippen LogP contribution in [0.3, 0.4) is 0 Å². The fourth-order valence-electron chi connectivity index (χ4n) is 2.08. The molecule has 3 aromatic rings. The van der Waals surface area contributed by atoms with E-state index < -0.39 is 0 Å². The summed E-state index contributed by atoms with van der Waals surface area (Å²) < 4.78 is 1.88. The molecule has 0 bridgehead atoms. The molecule has 3 rings (SSSR count). The van der Waals surface area contributed by atoms with Crippen LogP contribution in [0, 0.1) is 6.92 Å². The molecule has 0 aliphatic heterocycles. The number of hydrogen-bond donors (Lipinski definition) is 1. The minimum absolute atomic E-state index is 0.199. The largest absolute Gasteiger partial charge is 0.318 e.